The first-order valence-electron chi connectivity index (χ1n) is 10.1. The first kappa shape index (κ1) is 23.2. The maximum atomic E-state index is 12.7. The molecule has 1 N–H and O–H groups in total. The van der Waals surface area contributed by atoms with Crippen LogP contribution in [0.25, 0.3) is 0 Å². The Morgan fingerprint density at radius 2 is 1.39 bits per heavy atom. The minimum absolute atomic E-state index is 0.0987. The van der Waals surface area contributed by atoms with E-state index >= 15 is 0 Å². The first-order chi connectivity index (χ1) is 14.5. The summed E-state index contributed by atoms with van der Waals surface area (Å²) >= 11 is 0. The molecule has 0 spiro atoms. The van der Waals surface area contributed by atoms with E-state index in [9.17, 15) is 22.8 Å². The van der Waals surface area contributed by atoms with Crippen LogP contribution in [0.3, 0.4) is 0 Å². The SMILES string of the molecule is CC(C)(C)NS(=O)(=O)c1ccc(C(=O)N2CCN(C(=O)C(=O)N3CCOCC3)CC2)o1. The molecule has 0 bridgehead atoms. The molecule has 12 heteroatoms. The van der Waals surface area contributed by atoms with E-state index in [-0.39, 0.29) is 37.0 Å². The summed E-state index contributed by atoms with van der Waals surface area (Å²) in [7, 11) is -3.89. The number of piperazine rings is 1. The van der Waals surface area contributed by atoms with Crippen LogP contribution in [0.5, 0.6) is 0 Å². The molecule has 172 valence electrons. The Kier molecular flexibility index (Phi) is 6.72. The van der Waals surface area contributed by atoms with E-state index in [1.165, 1.54) is 26.8 Å². The van der Waals surface area contributed by atoms with Gasteiger partial charge in [0.1, 0.15) is 0 Å². The van der Waals surface area contributed by atoms with Gasteiger partial charge in [-0.3, -0.25) is 14.4 Å². The van der Waals surface area contributed by atoms with Gasteiger partial charge in [0.05, 0.1) is 13.2 Å². The molecule has 0 atom stereocenters. The van der Waals surface area contributed by atoms with Crippen molar-refractivity contribution in [2.45, 2.75) is 31.4 Å². The molecule has 31 heavy (non-hydrogen) atoms. The van der Waals surface area contributed by atoms with Gasteiger partial charge in [-0.15, -0.1) is 0 Å². The summed E-state index contributed by atoms with van der Waals surface area (Å²) in [5.41, 5.74) is -0.697. The van der Waals surface area contributed by atoms with Gasteiger partial charge in [0.2, 0.25) is 5.09 Å². The molecule has 2 fully saturated rings. The zero-order valence-electron chi connectivity index (χ0n) is 17.9. The van der Waals surface area contributed by atoms with Crippen LogP contribution in [-0.2, 0) is 24.3 Å². The highest BCUT2D eigenvalue weighted by Crippen LogP contribution is 2.18. The topological polar surface area (TPSA) is 129 Å². The Bertz CT molecular complexity index is 937. The van der Waals surface area contributed by atoms with Gasteiger partial charge in [-0.05, 0) is 32.9 Å². The summed E-state index contributed by atoms with van der Waals surface area (Å²) < 4.78 is 37.7. The van der Waals surface area contributed by atoms with Crippen LogP contribution in [0.15, 0.2) is 21.6 Å². The summed E-state index contributed by atoms with van der Waals surface area (Å²) in [5, 5.41) is -0.337. The van der Waals surface area contributed by atoms with Gasteiger partial charge in [0.25, 0.3) is 15.9 Å². The minimum Gasteiger partial charge on any atom is -0.438 e. The molecule has 1 aromatic rings. The Morgan fingerprint density at radius 3 is 1.94 bits per heavy atom. The number of furan rings is 1. The Morgan fingerprint density at radius 1 is 0.871 bits per heavy atom. The lowest BCUT2D eigenvalue weighted by Gasteiger charge is -2.35. The normalized spacial score (nSPS) is 18.2. The lowest BCUT2D eigenvalue weighted by Crippen LogP contribution is -2.55. The maximum Gasteiger partial charge on any atom is 0.312 e. The van der Waals surface area contributed by atoms with Crippen molar-refractivity contribution in [3.8, 4) is 0 Å². The lowest BCUT2D eigenvalue weighted by atomic mass is 10.1. The molecule has 3 rings (SSSR count). The van der Waals surface area contributed by atoms with Crippen molar-refractivity contribution in [1.82, 2.24) is 19.4 Å². The third kappa shape index (κ3) is 5.63. The Balaban J connectivity index is 1.57. The summed E-state index contributed by atoms with van der Waals surface area (Å²) in [6, 6.07) is 2.56. The van der Waals surface area contributed by atoms with Gasteiger partial charge in [0.15, 0.2) is 5.76 Å². The number of nitrogens with zero attached hydrogens (tertiary/aromatic N) is 3. The van der Waals surface area contributed by atoms with Gasteiger partial charge < -0.3 is 23.9 Å². The maximum absolute atomic E-state index is 12.7. The molecule has 3 amide bonds. The van der Waals surface area contributed by atoms with Crippen LogP contribution in [0.2, 0.25) is 0 Å². The smallest absolute Gasteiger partial charge is 0.312 e. The predicted octanol–water partition coefficient (Wildman–Crippen LogP) is -0.500. The monoisotopic (exact) mass is 456 g/mol. The molecule has 1 aromatic heterocycles. The van der Waals surface area contributed by atoms with Gasteiger partial charge in [-0.2, -0.15) is 0 Å². The van der Waals surface area contributed by atoms with E-state index in [2.05, 4.69) is 4.72 Å². The zero-order valence-corrected chi connectivity index (χ0v) is 18.7. The number of rotatable bonds is 3. The van der Waals surface area contributed by atoms with Crippen molar-refractivity contribution in [3.05, 3.63) is 17.9 Å². The van der Waals surface area contributed by atoms with E-state index < -0.39 is 33.3 Å². The molecule has 0 unspecified atom stereocenters. The van der Waals surface area contributed by atoms with Crippen LogP contribution in [0.1, 0.15) is 31.3 Å². The Hall–Kier alpha value is -2.44. The zero-order chi connectivity index (χ0) is 22.8. The Labute approximate surface area is 181 Å². The lowest BCUT2D eigenvalue weighted by molar-refractivity contribution is -0.154. The van der Waals surface area contributed by atoms with E-state index in [1.54, 1.807) is 20.8 Å². The average Bonchev–Trinajstić information content (AvgIpc) is 3.22. The van der Waals surface area contributed by atoms with Crippen molar-refractivity contribution in [2.75, 3.05) is 52.5 Å². The molecule has 2 aliphatic rings. The second-order valence-electron chi connectivity index (χ2n) is 8.46. The third-order valence-electron chi connectivity index (χ3n) is 4.83. The predicted molar refractivity (Wildman–Crippen MR) is 109 cm³/mol. The molecule has 3 heterocycles. The number of nitrogens with one attached hydrogen (secondary N) is 1. The van der Waals surface area contributed by atoms with E-state index in [4.69, 9.17) is 9.15 Å². The van der Waals surface area contributed by atoms with Gasteiger partial charge >= 0.3 is 11.8 Å². The first-order valence-corrected chi connectivity index (χ1v) is 11.6. The molecule has 2 aliphatic heterocycles. The van der Waals surface area contributed by atoms with Crippen LogP contribution in [0, 0.1) is 0 Å². The number of hydrogen-bond donors (Lipinski definition) is 1. The molecule has 0 radical (unpaired) electrons. The number of ether oxygens (including phenoxy) is 1. The number of amides is 3. The van der Waals surface area contributed by atoms with Crippen molar-refractivity contribution in [3.63, 3.8) is 0 Å². The standard InChI is InChI=1S/C19H28N4O7S/c1-19(2,3)20-31(27,28)15-5-4-14(30-15)16(24)21-6-8-22(9-7-21)17(25)18(26)23-10-12-29-13-11-23/h4-5,20H,6-13H2,1-3H3. The highest BCUT2D eigenvalue weighted by Gasteiger charge is 2.33. The average molecular weight is 457 g/mol. The quantitative estimate of drug-likeness (QED) is 0.607. The highest BCUT2D eigenvalue weighted by atomic mass is 32.2. The highest BCUT2D eigenvalue weighted by molar-refractivity contribution is 7.89. The number of carbonyl (C=O) groups excluding carboxylic acids is 3. The van der Waals surface area contributed by atoms with Gasteiger partial charge in [0, 0.05) is 44.8 Å². The van der Waals surface area contributed by atoms with Crippen molar-refractivity contribution in [2.24, 2.45) is 0 Å². The minimum atomic E-state index is -3.89. The summed E-state index contributed by atoms with van der Waals surface area (Å²) in [5.74, 6) is -1.72. The molecular weight excluding hydrogens is 428 g/mol. The van der Waals surface area contributed by atoms with Crippen molar-refractivity contribution < 1.29 is 32.0 Å². The van der Waals surface area contributed by atoms with Crippen molar-refractivity contribution in [1.29, 1.82) is 0 Å². The summed E-state index contributed by atoms with van der Waals surface area (Å²) in [4.78, 5) is 41.9. The van der Waals surface area contributed by atoms with Crippen LogP contribution in [0.4, 0.5) is 0 Å². The molecule has 0 aliphatic carbocycles. The number of carbonyl (C=O) groups is 3. The van der Waals surface area contributed by atoms with Gasteiger partial charge in [-0.25, -0.2) is 13.1 Å². The van der Waals surface area contributed by atoms with E-state index in [0.29, 0.717) is 26.3 Å². The second kappa shape index (κ2) is 8.97. The molecular formula is C19H28N4O7S. The summed E-state index contributed by atoms with van der Waals surface area (Å²) in [6.07, 6.45) is 0. The summed E-state index contributed by atoms with van der Waals surface area (Å²) in [6.45, 7) is 7.52. The van der Waals surface area contributed by atoms with Crippen LogP contribution < -0.4 is 4.72 Å². The molecule has 2 saturated heterocycles. The van der Waals surface area contributed by atoms with Crippen LogP contribution in [-0.4, -0.2) is 98.9 Å². The molecule has 0 aromatic carbocycles. The fourth-order valence-corrected chi connectivity index (χ4v) is 4.69. The molecule has 0 saturated carbocycles. The number of sulfonamides is 1. The number of morpholine rings is 1. The van der Waals surface area contributed by atoms with Gasteiger partial charge in [-0.1, -0.05) is 0 Å². The van der Waals surface area contributed by atoms with Crippen molar-refractivity contribution >= 4 is 27.7 Å². The van der Waals surface area contributed by atoms with E-state index in [0.717, 1.165) is 0 Å². The fourth-order valence-electron chi connectivity index (χ4n) is 3.34. The van der Waals surface area contributed by atoms with E-state index in [1.807, 2.05) is 0 Å². The van der Waals surface area contributed by atoms with Crippen LogP contribution >= 0.6 is 0 Å². The number of hydrogen-bond acceptors (Lipinski definition) is 7. The fraction of sp³-hybridized carbons (Fsp3) is 0.632. The third-order valence-corrected chi connectivity index (χ3v) is 6.46. The molecule has 11 nitrogen and oxygen atoms in total. The second-order valence-corrected chi connectivity index (χ2v) is 10.1. The largest absolute Gasteiger partial charge is 0.438 e.